The molecule has 0 aromatic heterocycles. The van der Waals surface area contributed by atoms with Gasteiger partial charge in [0.2, 0.25) is 0 Å². The lowest BCUT2D eigenvalue weighted by atomic mass is 9.95. The summed E-state index contributed by atoms with van der Waals surface area (Å²) in [5.41, 5.74) is 10.4. The molecule has 0 amide bonds. The minimum Gasteiger partial charge on any atom is -0.0623 e. The quantitative estimate of drug-likeness (QED) is 0.153. The van der Waals surface area contributed by atoms with Gasteiger partial charge in [0.1, 0.15) is 0 Å². The van der Waals surface area contributed by atoms with E-state index >= 15 is 0 Å². The first kappa shape index (κ1) is 32.8. The second-order valence-electron chi connectivity index (χ2n) is 15.2. The molecule has 56 heavy (non-hydrogen) atoms. The van der Waals surface area contributed by atoms with E-state index < -0.39 is 16.1 Å². The summed E-state index contributed by atoms with van der Waals surface area (Å²) >= 11 is 0. The molecule has 11 rings (SSSR count). The zero-order valence-electron chi connectivity index (χ0n) is 30.9. The number of hydrogen-bond acceptors (Lipinski definition) is 0. The van der Waals surface area contributed by atoms with Gasteiger partial charge in [-0.1, -0.05) is 212 Å². The van der Waals surface area contributed by atoms with E-state index in [1.165, 1.54) is 86.0 Å². The highest BCUT2D eigenvalue weighted by Crippen LogP contribution is 2.36. The van der Waals surface area contributed by atoms with Gasteiger partial charge in [0, 0.05) is 0 Å². The van der Waals surface area contributed by atoms with E-state index in [1.807, 2.05) is 0 Å². The van der Waals surface area contributed by atoms with Crippen LogP contribution < -0.4 is 41.5 Å². The van der Waals surface area contributed by atoms with Crippen molar-refractivity contribution in [1.82, 2.24) is 0 Å². The maximum Gasteiger partial charge on any atom is 0.180 e. The fraction of sp³-hybridized carbons (Fsp3) is 0. The van der Waals surface area contributed by atoms with Crippen LogP contribution >= 0.6 is 0 Å². The fourth-order valence-corrected chi connectivity index (χ4v) is 20.5. The lowest BCUT2D eigenvalue weighted by Gasteiger charge is -2.31. The third-order valence-corrected chi connectivity index (χ3v) is 22.2. The maximum absolute atomic E-state index is 2.51. The summed E-state index contributed by atoms with van der Waals surface area (Å²) < 4.78 is 0. The molecule has 262 valence electrons. The van der Waals surface area contributed by atoms with Gasteiger partial charge in [-0.05, 0) is 104 Å². The molecule has 2 aliphatic heterocycles. The van der Waals surface area contributed by atoms with Crippen LogP contribution in [0.3, 0.4) is 0 Å². The monoisotopic (exact) mass is 742 g/mol. The van der Waals surface area contributed by atoms with Gasteiger partial charge in [-0.2, -0.15) is 0 Å². The third-order valence-electron chi connectivity index (χ3n) is 12.4. The van der Waals surface area contributed by atoms with Crippen molar-refractivity contribution < 1.29 is 0 Å². The average molecular weight is 743 g/mol. The van der Waals surface area contributed by atoms with E-state index in [0.717, 1.165) is 0 Å². The van der Waals surface area contributed by atoms with E-state index in [9.17, 15) is 0 Å². The van der Waals surface area contributed by atoms with E-state index in [4.69, 9.17) is 0 Å². The van der Waals surface area contributed by atoms with Gasteiger partial charge in [0.05, 0.1) is 0 Å². The fourth-order valence-electron chi connectivity index (χ4n) is 10.1. The van der Waals surface area contributed by atoms with Crippen molar-refractivity contribution in [3.8, 4) is 44.5 Å². The normalized spacial score (nSPS) is 14.0. The maximum atomic E-state index is 2.46. The van der Waals surface area contributed by atoms with Crippen LogP contribution in [-0.2, 0) is 0 Å². The number of fused-ring (bicyclic) bond motifs is 6. The van der Waals surface area contributed by atoms with Crippen molar-refractivity contribution in [2.75, 3.05) is 0 Å². The average Bonchev–Trinajstić information content (AvgIpc) is 3.76. The van der Waals surface area contributed by atoms with Crippen LogP contribution in [0.4, 0.5) is 0 Å². The second-order valence-corrected chi connectivity index (χ2v) is 22.6. The largest absolute Gasteiger partial charge is 0.180 e. The van der Waals surface area contributed by atoms with Gasteiger partial charge < -0.3 is 0 Å². The molecule has 9 aromatic carbocycles. The first-order valence-electron chi connectivity index (χ1n) is 19.6. The number of hydrogen-bond donors (Lipinski definition) is 0. The summed E-state index contributed by atoms with van der Waals surface area (Å²) in [4.78, 5) is 0. The molecule has 0 aliphatic carbocycles. The highest BCUT2D eigenvalue weighted by Gasteiger charge is 2.49. The van der Waals surface area contributed by atoms with Crippen molar-refractivity contribution in [2.45, 2.75) is 0 Å². The van der Waals surface area contributed by atoms with Crippen molar-refractivity contribution >= 4 is 57.6 Å². The van der Waals surface area contributed by atoms with Crippen molar-refractivity contribution in [1.29, 1.82) is 0 Å². The lowest BCUT2D eigenvalue weighted by molar-refractivity contribution is 1.60. The Morgan fingerprint density at radius 1 is 0.196 bits per heavy atom. The Morgan fingerprint density at radius 3 is 0.875 bits per heavy atom. The Kier molecular flexibility index (Phi) is 7.63. The Hall–Kier alpha value is -6.59. The first-order chi connectivity index (χ1) is 27.8. The molecule has 0 bridgehead atoms. The predicted molar refractivity (Wildman–Crippen MR) is 243 cm³/mol. The SMILES string of the molecule is c1ccc([Si]2(c3ccccc3)c3ccccc3-c3cc(-c4cccc(-c5ccc6c(c5)-c5ccccc5[Si]6(c5ccccc5)c5ccccc5)c4)ccc32)cc1. The standard InChI is InChI=1S/C54H38Si2/c1-5-20-43(21-6-1)55(44-22-7-2-8-23-44)51-30-15-13-28-47(51)49-37-41(32-34-53(49)55)39-18-17-19-40(36-39)42-33-35-54-50(38-42)48-29-14-16-31-52(48)56(54,45-24-9-3-10-25-45)46-26-11-4-12-27-46/h1-38H. The van der Waals surface area contributed by atoms with Crippen LogP contribution in [0.5, 0.6) is 0 Å². The first-order valence-corrected chi connectivity index (χ1v) is 23.6. The van der Waals surface area contributed by atoms with Gasteiger partial charge in [0.25, 0.3) is 0 Å². The van der Waals surface area contributed by atoms with Gasteiger partial charge in [-0.3, -0.25) is 0 Å². The molecule has 0 N–H and O–H groups in total. The van der Waals surface area contributed by atoms with Gasteiger partial charge in [-0.25, -0.2) is 0 Å². The zero-order valence-corrected chi connectivity index (χ0v) is 32.9. The van der Waals surface area contributed by atoms with Crippen molar-refractivity contribution in [3.63, 3.8) is 0 Å². The van der Waals surface area contributed by atoms with Crippen molar-refractivity contribution in [3.05, 3.63) is 231 Å². The number of benzene rings is 9. The summed E-state index contributed by atoms with van der Waals surface area (Å²) in [6.45, 7) is 0. The van der Waals surface area contributed by atoms with E-state index in [2.05, 4.69) is 231 Å². The molecule has 2 heterocycles. The zero-order chi connectivity index (χ0) is 37.1. The molecule has 0 atom stereocenters. The summed E-state index contributed by atoms with van der Waals surface area (Å²) in [5, 5.41) is 11.6. The van der Waals surface area contributed by atoms with E-state index in [1.54, 1.807) is 0 Å². The molecule has 2 heteroatoms. The third kappa shape index (κ3) is 4.70. The van der Waals surface area contributed by atoms with E-state index in [-0.39, 0.29) is 0 Å². The highest BCUT2D eigenvalue weighted by atomic mass is 28.3. The number of rotatable bonds is 6. The summed E-state index contributed by atoms with van der Waals surface area (Å²) in [6.07, 6.45) is 0. The lowest BCUT2D eigenvalue weighted by Crippen LogP contribution is -2.72. The summed E-state index contributed by atoms with van der Waals surface area (Å²) in [7, 11) is -5.02. The van der Waals surface area contributed by atoms with Gasteiger partial charge in [0.15, 0.2) is 16.1 Å². The van der Waals surface area contributed by atoms with Crippen LogP contribution in [0.2, 0.25) is 0 Å². The molecular formula is C54H38Si2. The van der Waals surface area contributed by atoms with Gasteiger partial charge >= 0.3 is 0 Å². The molecule has 0 fully saturated rings. The minimum atomic E-state index is -2.51. The molecule has 0 nitrogen and oxygen atoms in total. The van der Waals surface area contributed by atoms with Crippen molar-refractivity contribution in [2.24, 2.45) is 0 Å². The molecule has 2 aliphatic rings. The molecular weight excluding hydrogens is 705 g/mol. The van der Waals surface area contributed by atoms with Crippen LogP contribution in [-0.4, -0.2) is 16.1 Å². The summed E-state index contributed by atoms with van der Waals surface area (Å²) in [6, 6.07) is 87.1. The second kappa shape index (κ2) is 13.0. The topological polar surface area (TPSA) is 0 Å². The minimum absolute atomic E-state index is 1.24. The Morgan fingerprint density at radius 2 is 0.500 bits per heavy atom. The summed E-state index contributed by atoms with van der Waals surface area (Å²) in [5.74, 6) is 0. The van der Waals surface area contributed by atoms with Crippen LogP contribution in [0.1, 0.15) is 0 Å². The van der Waals surface area contributed by atoms with Crippen LogP contribution in [0, 0.1) is 0 Å². The van der Waals surface area contributed by atoms with Gasteiger partial charge in [-0.15, -0.1) is 0 Å². The predicted octanol–water partition coefficient (Wildman–Crippen LogP) is 7.74. The highest BCUT2D eigenvalue weighted by molar-refractivity contribution is 7.23. The van der Waals surface area contributed by atoms with E-state index in [0.29, 0.717) is 0 Å². The smallest absolute Gasteiger partial charge is 0.0623 e. The molecule has 0 spiro atoms. The molecule has 0 unspecified atom stereocenters. The molecule has 0 saturated heterocycles. The Balaban J connectivity index is 1.05. The molecule has 0 saturated carbocycles. The molecule has 0 radical (unpaired) electrons. The molecule has 9 aromatic rings. The van der Waals surface area contributed by atoms with Crippen LogP contribution in [0.15, 0.2) is 231 Å². The Bertz CT molecular complexity index is 2620. The van der Waals surface area contributed by atoms with Crippen LogP contribution in [0.25, 0.3) is 44.5 Å². The Labute approximate surface area is 331 Å².